The van der Waals surface area contributed by atoms with Crippen molar-refractivity contribution in [2.75, 3.05) is 24.5 Å². The topological polar surface area (TPSA) is 75.5 Å². The lowest BCUT2D eigenvalue weighted by Crippen LogP contribution is -2.43. The van der Waals surface area contributed by atoms with Crippen LogP contribution in [0.2, 0.25) is 5.02 Å². The van der Waals surface area contributed by atoms with E-state index in [4.69, 9.17) is 11.6 Å². The van der Waals surface area contributed by atoms with E-state index in [0.717, 1.165) is 31.6 Å². The Bertz CT molecular complexity index is 628. The van der Waals surface area contributed by atoms with Crippen molar-refractivity contribution in [2.24, 2.45) is 11.3 Å². The number of piperidine rings is 1. The first kappa shape index (κ1) is 18.5. The van der Waals surface area contributed by atoms with E-state index < -0.39 is 10.3 Å². The van der Waals surface area contributed by atoms with Gasteiger partial charge >= 0.3 is 0 Å². The molecule has 0 aliphatic carbocycles. The van der Waals surface area contributed by atoms with E-state index >= 15 is 0 Å². The number of nitro benzene ring substituents is 1. The average Bonchev–Trinajstić information content (AvgIpc) is 2.51. The molecule has 24 heavy (non-hydrogen) atoms. The van der Waals surface area contributed by atoms with Gasteiger partial charge in [0.2, 0.25) is 5.91 Å². The van der Waals surface area contributed by atoms with Crippen LogP contribution in [0.1, 0.15) is 33.6 Å². The largest absolute Gasteiger partial charge is 0.370 e. The van der Waals surface area contributed by atoms with Gasteiger partial charge in [-0.3, -0.25) is 14.9 Å². The molecule has 0 saturated carbocycles. The molecule has 6 nitrogen and oxygen atoms in total. The zero-order chi connectivity index (χ0) is 17.9. The van der Waals surface area contributed by atoms with E-state index in [1.54, 1.807) is 6.07 Å². The molecule has 1 N–H and O–H groups in total. The van der Waals surface area contributed by atoms with Crippen LogP contribution in [-0.4, -0.2) is 30.5 Å². The summed E-state index contributed by atoms with van der Waals surface area (Å²) in [7, 11) is 0. The van der Waals surface area contributed by atoms with Crippen molar-refractivity contribution in [3.63, 3.8) is 0 Å². The second-order valence-electron chi connectivity index (χ2n) is 7.31. The fourth-order valence-corrected chi connectivity index (χ4v) is 3.11. The molecule has 0 radical (unpaired) electrons. The smallest absolute Gasteiger partial charge is 0.271 e. The van der Waals surface area contributed by atoms with Gasteiger partial charge in [0, 0.05) is 37.2 Å². The number of nitro groups is 1. The van der Waals surface area contributed by atoms with Gasteiger partial charge in [0.05, 0.1) is 15.6 Å². The van der Waals surface area contributed by atoms with E-state index in [0.29, 0.717) is 17.5 Å². The summed E-state index contributed by atoms with van der Waals surface area (Å²) in [4.78, 5) is 24.5. The lowest BCUT2D eigenvalue weighted by Gasteiger charge is -2.35. The quantitative estimate of drug-likeness (QED) is 0.662. The number of hydrogen-bond acceptors (Lipinski definition) is 4. The van der Waals surface area contributed by atoms with E-state index in [1.165, 1.54) is 12.1 Å². The third kappa shape index (κ3) is 4.60. The number of halogens is 1. The average molecular weight is 354 g/mol. The lowest BCUT2D eigenvalue weighted by molar-refractivity contribution is -0.384. The summed E-state index contributed by atoms with van der Waals surface area (Å²) in [5, 5.41) is 14.2. The number of nitrogens with one attached hydrogen (secondary N) is 1. The highest BCUT2D eigenvalue weighted by Crippen LogP contribution is 2.32. The Morgan fingerprint density at radius 1 is 1.46 bits per heavy atom. The predicted molar refractivity (Wildman–Crippen MR) is 95.5 cm³/mol. The zero-order valence-electron chi connectivity index (χ0n) is 14.3. The minimum Gasteiger partial charge on any atom is -0.370 e. The molecule has 1 heterocycles. The van der Waals surface area contributed by atoms with Gasteiger partial charge in [-0.1, -0.05) is 32.4 Å². The molecule has 0 bridgehead atoms. The van der Waals surface area contributed by atoms with Gasteiger partial charge in [0.1, 0.15) is 0 Å². The molecule has 1 aliphatic rings. The molecule has 1 saturated heterocycles. The first-order valence-electron chi connectivity index (χ1n) is 8.15. The lowest BCUT2D eigenvalue weighted by atomic mass is 9.94. The fourth-order valence-electron chi connectivity index (χ4n) is 2.82. The van der Waals surface area contributed by atoms with Crippen molar-refractivity contribution in [2.45, 2.75) is 33.6 Å². The third-order valence-corrected chi connectivity index (χ3v) is 4.54. The van der Waals surface area contributed by atoms with Crippen LogP contribution >= 0.6 is 11.6 Å². The van der Waals surface area contributed by atoms with Gasteiger partial charge in [-0.2, -0.15) is 0 Å². The summed E-state index contributed by atoms with van der Waals surface area (Å²) < 4.78 is 0. The zero-order valence-corrected chi connectivity index (χ0v) is 15.1. The van der Waals surface area contributed by atoms with Gasteiger partial charge in [0.25, 0.3) is 5.69 Å². The Balaban J connectivity index is 2.00. The minimum atomic E-state index is -0.448. The second-order valence-corrected chi connectivity index (χ2v) is 7.71. The van der Waals surface area contributed by atoms with Crippen LogP contribution in [0, 0.1) is 21.4 Å². The summed E-state index contributed by atoms with van der Waals surface area (Å²) in [5.74, 6) is 0.393. The first-order chi connectivity index (χ1) is 11.2. The first-order valence-corrected chi connectivity index (χ1v) is 8.53. The highest BCUT2D eigenvalue weighted by molar-refractivity contribution is 6.33. The molecule has 1 fully saturated rings. The summed E-state index contributed by atoms with van der Waals surface area (Å²) in [5.41, 5.74) is 0.416. The molecule has 1 aromatic rings. The molecule has 1 unspecified atom stereocenters. The van der Waals surface area contributed by atoms with E-state index in [9.17, 15) is 14.9 Å². The SMILES string of the molecule is CC(C)(C)C(=O)NCC1CCCN(c2ccc([N+](=O)[O-])cc2Cl)C1. The van der Waals surface area contributed by atoms with Crippen molar-refractivity contribution >= 4 is 28.9 Å². The number of nitrogens with zero attached hydrogens (tertiary/aromatic N) is 2. The van der Waals surface area contributed by atoms with Gasteiger partial charge in [-0.15, -0.1) is 0 Å². The molecule has 0 aromatic heterocycles. The number of carbonyl (C=O) groups is 1. The molecule has 1 aliphatic heterocycles. The number of amides is 1. The Morgan fingerprint density at radius 3 is 2.75 bits per heavy atom. The van der Waals surface area contributed by atoms with Crippen molar-refractivity contribution < 1.29 is 9.72 Å². The number of rotatable bonds is 4. The standard InChI is InChI=1S/C17H24ClN3O3/c1-17(2,3)16(22)19-10-12-5-4-8-20(11-12)15-7-6-13(21(23)24)9-14(15)18/h6-7,9,12H,4-5,8,10-11H2,1-3H3,(H,19,22). The maximum atomic E-state index is 12.0. The number of benzene rings is 1. The molecule has 2 rings (SSSR count). The Labute approximate surface area is 147 Å². The number of non-ortho nitro benzene ring substituents is 1. The number of anilines is 1. The molecular formula is C17H24ClN3O3. The normalized spacial score (nSPS) is 18.3. The third-order valence-electron chi connectivity index (χ3n) is 4.23. The Hall–Kier alpha value is -1.82. The van der Waals surface area contributed by atoms with Gasteiger partial charge in [-0.25, -0.2) is 0 Å². The van der Waals surface area contributed by atoms with Crippen LogP contribution in [0.5, 0.6) is 0 Å². The number of carbonyl (C=O) groups excluding carboxylic acids is 1. The van der Waals surface area contributed by atoms with Gasteiger partial charge in [0.15, 0.2) is 0 Å². The molecule has 132 valence electrons. The maximum absolute atomic E-state index is 12.0. The van der Waals surface area contributed by atoms with E-state index in [1.807, 2.05) is 20.8 Å². The van der Waals surface area contributed by atoms with E-state index in [-0.39, 0.29) is 11.6 Å². The minimum absolute atomic E-state index is 0.00486. The molecule has 1 aromatic carbocycles. The molecule has 0 spiro atoms. The van der Waals surface area contributed by atoms with Crippen LogP contribution in [0.3, 0.4) is 0 Å². The molecule has 7 heteroatoms. The van der Waals surface area contributed by atoms with Crippen LogP contribution in [0.25, 0.3) is 0 Å². The highest BCUT2D eigenvalue weighted by atomic mass is 35.5. The molecule has 1 atom stereocenters. The highest BCUT2D eigenvalue weighted by Gasteiger charge is 2.25. The van der Waals surface area contributed by atoms with Crippen molar-refractivity contribution in [3.05, 3.63) is 33.3 Å². The van der Waals surface area contributed by atoms with Crippen LogP contribution < -0.4 is 10.2 Å². The Kier molecular flexibility index (Phi) is 5.70. The number of hydrogen-bond donors (Lipinski definition) is 1. The van der Waals surface area contributed by atoms with Crippen molar-refractivity contribution in [1.29, 1.82) is 0 Å². The molecular weight excluding hydrogens is 330 g/mol. The monoisotopic (exact) mass is 353 g/mol. The van der Waals surface area contributed by atoms with Gasteiger partial charge in [-0.05, 0) is 24.8 Å². The summed E-state index contributed by atoms with van der Waals surface area (Å²) in [6.07, 6.45) is 2.05. The predicted octanol–water partition coefficient (Wildman–Crippen LogP) is 3.63. The second kappa shape index (κ2) is 7.38. The van der Waals surface area contributed by atoms with Crippen LogP contribution in [0.4, 0.5) is 11.4 Å². The van der Waals surface area contributed by atoms with Crippen LogP contribution in [0.15, 0.2) is 18.2 Å². The van der Waals surface area contributed by atoms with Crippen LogP contribution in [-0.2, 0) is 4.79 Å². The Morgan fingerprint density at radius 2 is 2.17 bits per heavy atom. The summed E-state index contributed by atoms with van der Waals surface area (Å²) in [6.45, 7) is 7.96. The summed E-state index contributed by atoms with van der Waals surface area (Å²) in [6, 6.07) is 4.57. The summed E-state index contributed by atoms with van der Waals surface area (Å²) >= 11 is 6.23. The van der Waals surface area contributed by atoms with Gasteiger partial charge < -0.3 is 10.2 Å². The maximum Gasteiger partial charge on any atom is 0.271 e. The fraction of sp³-hybridized carbons (Fsp3) is 0.588. The van der Waals surface area contributed by atoms with Crippen molar-refractivity contribution in [3.8, 4) is 0 Å². The van der Waals surface area contributed by atoms with E-state index in [2.05, 4.69) is 10.2 Å². The molecule has 1 amide bonds. The van der Waals surface area contributed by atoms with Crippen molar-refractivity contribution in [1.82, 2.24) is 5.32 Å².